The van der Waals surface area contributed by atoms with Crippen molar-refractivity contribution in [1.82, 2.24) is 4.90 Å². The van der Waals surface area contributed by atoms with E-state index >= 15 is 0 Å². The molecule has 1 aromatic carbocycles. The van der Waals surface area contributed by atoms with Crippen molar-refractivity contribution in [3.05, 3.63) is 35.4 Å². The minimum absolute atomic E-state index is 0.448. The predicted molar refractivity (Wildman–Crippen MR) is 80.3 cm³/mol. The molecule has 112 valence electrons. The van der Waals surface area contributed by atoms with Crippen molar-refractivity contribution in [3.63, 3.8) is 0 Å². The Bertz CT molecular complexity index is 388. The monoisotopic (exact) mass is 278 g/mol. The number of nitrogens with two attached hydrogens (primary N) is 1. The van der Waals surface area contributed by atoms with Gasteiger partial charge in [0.05, 0.1) is 12.7 Å². The Morgan fingerprint density at radius 3 is 2.75 bits per heavy atom. The first-order valence-electron chi connectivity index (χ1n) is 7.42. The summed E-state index contributed by atoms with van der Waals surface area (Å²) in [5.74, 6) is 0.598. The molecule has 1 fully saturated rings. The van der Waals surface area contributed by atoms with Crippen molar-refractivity contribution < 1.29 is 9.84 Å². The number of ether oxygens (including phenoxy) is 1. The molecule has 2 atom stereocenters. The summed E-state index contributed by atoms with van der Waals surface area (Å²) in [4.78, 5) is 2.20. The molecular weight excluding hydrogens is 252 g/mol. The van der Waals surface area contributed by atoms with Gasteiger partial charge in [0.25, 0.3) is 0 Å². The van der Waals surface area contributed by atoms with Gasteiger partial charge in [-0.25, -0.2) is 0 Å². The molecule has 2 rings (SSSR count). The highest BCUT2D eigenvalue weighted by Gasteiger charge is 2.18. The van der Waals surface area contributed by atoms with E-state index in [1.807, 2.05) is 24.3 Å². The van der Waals surface area contributed by atoms with Crippen LogP contribution in [0.1, 0.15) is 30.1 Å². The second kappa shape index (κ2) is 7.74. The van der Waals surface area contributed by atoms with Crippen LogP contribution < -0.4 is 5.73 Å². The Labute approximate surface area is 121 Å². The third kappa shape index (κ3) is 4.56. The van der Waals surface area contributed by atoms with Gasteiger partial charge in [-0.3, -0.25) is 0 Å². The lowest BCUT2D eigenvalue weighted by atomic mass is 10.0. The zero-order valence-electron chi connectivity index (χ0n) is 12.3. The molecule has 0 amide bonds. The zero-order chi connectivity index (χ0) is 14.4. The zero-order valence-corrected chi connectivity index (χ0v) is 12.3. The molecule has 4 heteroatoms. The van der Waals surface area contributed by atoms with Crippen molar-refractivity contribution in [2.24, 2.45) is 11.7 Å². The lowest BCUT2D eigenvalue weighted by Crippen LogP contribution is -2.33. The van der Waals surface area contributed by atoms with Crippen LogP contribution in [0.5, 0.6) is 0 Å². The van der Waals surface area contributed by atoms with Gasteiger partial charge in [-0.2, -0.15) is 0 Å². The number of rotatable bonds is 6. The fraction of sp³-hybridized carbons (Fsp3) is 0.625. The first kappa shape index (κ1) is 15.4. The Morgan fingerprint density at radius 1 is 1.40 bits per heavy atom. The third-order valence-electron chi connectivity index (χ3n) is 3.91. The van der Waals surface area contributed by atoms with E-state index in [0.717, 1.165) is 37.3 Å². The summed E-state index contributed by atoms with van der Waals surface area (Å²) in [5.41, 5.74) is 7.62. The highest BCUT2D eigenvalue weighted by atomic mass is 16.5. The normalized spacial score (nSPS) is 21.1. The topological polar surface area (TPSA) is 58.7 Å². The standard InChI is InChI=1S/C16H26N2O2/c1-18(10-14-3-2-8-20-12-14)11-16(19)15-6-4-13(9-17)5-7-15/h4-7,14,16,19H,2-3,8-12,17H2,1H3. The molecule has 3 N–H and O–H groups in total. The van der Waals surface area contributed by atoms with Crippen molar-refractivity contribution in [1.29, 1.82) is 0 Å². The smallest absolute Gasteiger partial charge is 0.0916 e. The average Bonchev–Trinajstić information content (AvgIpc) is 2.48. The summed E-state index contributed by atoms with van der Waals surface area (Å²) < 4.78 is 5.50. The summed E-state index contributed by atoms with van der Waals surface area (Å²) in [6, 6.07) is 7.88. The molecule has 0 aromatic heterocycles. The molecule has 0 aliphatic carbocycles. The van der Waals surface area contributed by atoms with E-state index in [9.17, 15) is 5.11 Å². The van der Waals surface area contributed by atoms with Crippen LogP contribution in [-0.2, 0) is 11.3 Å². The van der Waals surface area contributed by atoms with E-state index in [4.69, 9.17) is 10.5 Å². The molecule has 20 heavy (non-hydrogen) atoms. The fourth-order valence-electron chi connectivity index (χ4n) is 2.74. The van der Waals surface area contributed by atoms with Gasteiger partial charge in [0.2, 0.25) is 0 Å². The number of benzene rings is 1. The third-order valence-corrected chi connectivity index (χ3v) is 3.91. The van der Waals surface area contributed by atoms with Crippen molar-refractivity contribution in [2.45, 2.75) is 25.5 Å². The minimum atomic E-state index is -0.448. The second-order valence-corrected chi connectivity index (χ2v) is 5.77. The van der Waals surface area contributed by atoms with Crippen LogP contribution in [0, 0.1) is 5.92 Å². The molecular formula is C16H26N2O2. The van der Waals surface area contributed by atoms with Gasteiger partial charge < -0.3 is 20.5 Å². The summed E-state index contributed by atoms with van der Waals surface area (Å²) in [6.07, 6.45) is 1.93. The van der Waals surface area contributed by atoms with E-state index < -0.39 is 6.10 Å². The lowest BCUT2D eigenvalue weighted by Gasteiger charge is -2.28. The molecule has 0 saturated carbocycles. The summed E-state index contributed by atoms with van der Waals surface area (Å²) in [7, 11) is 2.06. The van der Waals surface area contributed by atoms with Crippen LogP contribution in [0.25, 0.3) is 0 Å². The molecule has 0 spiro atoms. The van der Waals surface area contributed by atoms with Crippen LogP contribution in [-0.4, -0.2) is 43.4 Å². The van der Waals surface area contributed by atoms with E-state index in [1.165, 1.54) is 6.42 Å². The van der Waals surface area contributed by atoms with Gasteiger partial charge in [0, 0.05) is 26.2 Å². The van der Waals surface area contributed by atoms with E-state index in [-0.39, 0.29) is 0 Å². The highest BCUT2D eigenvalue weighted by molar-refractivity contribution is 5.24. The average molecular weight is 278 g/mol. The van der Waals surface area contributed by atoms with Gasteiger partial charge in [0.1, 0.15) is 0 Å². The van der Waals surface area contributed by atoms with Crippen molar-refractivity contribution in [3.8, 4) is 0 Å². The highest BCUT2D eigenvalue weighted by Crippen LogP contribution is 2.18. The Balaban J connectivity index is 1.81. The number of hydrogen-bond donors (Lipinski definition) is 2. The fourth-order valence-corrected chi connectivity index (χ4v) is 2.74. The number of aliphatic hydroxyl groups is 1. The number of likely N-dealkylation sites (N-methyl/N-ethyl adjacent to an activating group) is 1. The summed E-state index contributed by atoms with van der Waals surface area (Å²) >= 11 is 0. The molecule has 1 saturated heterocycles. The van der Waals surface area contributed by atoms with Crippen LogP contribution >= 0.6 is 0 Å². The Hall–Kier alpha value is -0.940. The lowest BCUT2D eigenvalue weighted by molar-refractivity contribution is 0.0342. The van der Waals surface area contributed by atoms with Gasteiger partial charge in [0.15, 0.2) is 0 Å². The van der Waals surface area contributed by atoms with E-state index in [2.05, 4.69) is 11.9 Å². The van der Waals surface area contributed by atoms with Gasteiger partial charge >= 0.3 is 0 Å². The van der Waals surface area contributed by atoms with Crippen LogP contribution in [0.2, 0.25) is 0 Å². The number of hydrogen-bond acceptors (Lipinski definition) is 4. The molecule has 1 heterocycles. The Kier molecular flexibility index (Phi) is 5.98. The van der Waals surface area contributed by atoms with Crippen LogP contribution in [0.3, 0.4) is 0 Å². The maximum atomic E-state index is 10.3. The maximum absolute atomic E-state index is 10.3. The molecule has 4 nitrogen and oxygen atoms in total. The van der Waals surface area contributed by atoms with Gasteiger partial charge in [-0.15, -0.1) is 0 Å². The largest absolute Gasteiger partial charge is 0.387 e. The van der Waals surface area contributed by atoms with Crippen molar-refractivity contribution >= 4 is 0 Å². The summed E-state index contributed by atoms with van der Waals surface area (Å²) in [5, 5.41) is 10.3. The van der Waals surface area contributed by atoms with Crippen molar-refractivity contribution in [2.75, 3.05) is 33.4 Å². The molecule has 2 unspecified atom stereocenters. The van der Waals surface area contributed by atoms with E-state index in [0.29, 0.717) is 19.0 Å². The number of nitrogens with zero attached hydrogens (tertiary/aromatic N) is 1. The van der Waals surface area contributed by atoms with Gasteiger partial charge in [-0.05, 0) is 36.9 Å². The quantitative estimate of drug-likeness (QED) is 0.828. The van der Waals surface area contributed by atoms with Crippen LogP contribution in [0.4, 0.5) is 0 Å². The molecule has 1 aromatic rings. The van der Waals surface area contributed by atoms with Gasteiger partial charge in [-0.1, -0.05) is 24.3 Å². The minimum Gasteiger partial charge on any atom is -0.387 e. The SMILES string of the molecule is CN(CC1CCCOC1)CC(O)c1ccc(CN)cc1. The molecule has 1 aliphatic heterocycles. The first-order chi connectivity index (χ1) is 9.69. The maximum Gasteiger partial charge on any atom is 0.0916 e. The second-order valence-electron chi connectivity index (χ2n) is 5.77. The first-order valence-corrected chi connectivity index (χ1v) is 7.42. The number of aliphatic hydroxyl groups excluding tert-OH is 1. The molecule has 1 aliphatic rings. The molecule has 0 bridgehead atoms. The van der Waals surface area contributed by atoms with Crippen LogP contribution in [0.15, 0.2) is 24.3 Å². The van der Waals surface area contributed by atoms with E-state index in [1.54, 1.807) is 0 Å². The Morgan fingerprint density at radius 2 is 2.15 bits per heavy atom. The molecule has 0 radical (unpaired) electrons. The summed E-state index contributed by atoms with van der Waals surface area (Å²) in [6.45, 7) is 3.93. The predicted octanol–water partition coefficient (Wildman–Crippen LogP) is 1.54.